The number of nitrogen functional groups attached to an aromatic ring is 1. The highest BCUT2D eigenvalue weighted by atomic mass is 16.6. The molecule has 2 atom stereocenters. The highest BCUT2D eigenvalue weighted by molar-refractivity contribution is 5.68. The molecule has 2 aliphatic rings. The van der Waals surface area contributed by atoms with E-state index in [9.17, 15) is 4.79 Å². The number of anilines is 2. The monoisotopic (exact) mass is 305 g/mol. The maximum atomic E-state index is 12.1. The molecule has 1 aromatic heterocycles. The van der Waals surface area contributed by atoms with E-state index in [0.717, 1.165) is 32.0 Å². The maximum Gasteiger partial charge on any atom is 0.410 e. The van der Waals surface area contributed by atoms with Crippen LogP contribution in [0.3, 0.4) is 0 Å². The Morgan fingerprint density at radius 3 is 2.45 bits per heavy atom. The Bertz CT molecular complexity index is 557. The second kappa shape index (κ2) is 5.30. The number of hydrogen-bond acceptors (Lipinski definition) is 6. The van der Waals surface area contributed by atoms with Gasteiger partial charge in [-0.1, -0.05) is 0 Å². The van der Waals surface area contributed by atoms with Crippen molar-refractivity contribution in [3.8, 4) is 0 Å². The fraction of sp³-hybridized carbons (Fsp3) is 0.667. The van der Waals surface area contributed by atoms with Crippen molar-refractivity contribution in [2.45, 2.75) is 26.4 Å². The third kappa shape index (κ3) is 3.08. The van der Waals surface area contributed by atoms with Crippen molar-refractivity contribution in [1.82, 2.24) is 14.9 Å². The first-order valence-corrected chi connectivity index (χ1v) is 7.63. The van der Waals surface area contributed by atoms with Gasteiger partial charge >= 0.3 is 6.09 Å². The van der Waals surface area contributed by atoms with Crippen LogP contribution in [0.15, 0.2) is 12.3 Å². The van der Waals surface area contributed by atoms with Crippen LogP contribution >= 0.6 is 0 Å². The van der Waals surface area contributed by atoms with Crippen LogP contribution in [0.1, 0.15) is 20.8 Å². The van der Waals surface area contributed by atoms with Crippen molar-refractivity contribution < 1.29 is 9.53 Å². The summed E-state index contributed by atoms with van der Waals surface area (Å²) in [6.45, 7) is 8.95. The van der Waals surface area contributed by atoms with Crippen LogP contribution in [0.4, 0.5) is 16.6 Å². The van der Waals surface area contributed by atoms with E-state index in [1.807, 2.05) is 31.7 Å². The predicted octanol–water partition coefficient (Wildman–Crippen LogP) is 1.36. The van der Waals surface area contributed by atoms with E-state index >= 15 is 0 Å². The molecule has 0 aromatic carbocycles. The zero-order chi connectivity index (χ0) is 15.9. The third-order valence-electron chi connectivity index (χ3n) is 4.12. The summed E-state index contributed by atoms with van der Waals surface area (Å²) in [7, 11) is 0. The van der Waals surface area contributed by atoms with Gasteiger partial charge in [0.25, 0.3) is 0 Å². The fourth-order valence-corrected chi connectivity index (χ4v) is 3.20. The molecule has 2 aliphatic heterocycles. The van der Waals surface area contributed by atoms with Crippen molar-refractivity contribution in [1.29, 1.82) is 0 Å². The van der Waals surface area contributed by atoms with Crippen molar-refractivity contribution in [3.63, 3.8) is 0 Å². The number of carbonyl (C=O) groups excluding carboxylic acids is 1. The molecule has 0 radical (unpaired) electrons. The summed E-state index contributed by atoms with van der Waals surface area (Å²) in [5.41, 5.74) is 5.20. The number of fused-ring (bicyclic) bond motifs is 1. The molecule has 2 saturated heterocycles. The molecule has 0 unspecified atom stereocenters. The number of nitrogens with two attached hydrogens (primary N) is 1. The van der Waals surface area contributed by atoms with Crippen molar-refractivity contribution >= 4 is 17.9 Å². The number of amides is 1. The molecule has 3 rings (SSSR count). The average Bonchev–Trinajstić information content (AvgIpc) is 2.94. The second-order valence-corrected chi connectivity index (χ2v) is 7.08. The molecule has 2 fully saturated rings. The first-order chi connectivity index (χ1) is 10.3. The summed E-state index contributed by atoms with van der Waals surface area (Å²) in [5.74, 6) is 2.09. The molecule has 1 amide bonds. The summed E-state index contributed by atoms with van der Waals surface area (Å²) >= 11 is 0. The van der Waals surface area contributed by atoms with Crippen LogP contribution in [0, 0.1) is 11.8 Å². The molecular weight excluding hydrogens is 282 g/mol. The Labute approximate surface area is 130 Å². The first kappa shape index (κ1) is 14.9. The van der Waals surface area contributed by atoms with Gasteiger partial charge in [-0.3, -0.25) is 0 Å². The van der Waals surface area contributed by atoms with Gasteiger partial charge in [0.15, 0.2) is 0 Å². The minimum absolute atomic E-state index is 0.209. The lowest BCUT2D eigenvalue weighted by Gasteiger charge is -2.26. The van der Waals surface area contributed by atoms with Gasteiger partial charge in [0.05, 0.1) is 0 Å². The molecule has 0 aliphatic carbocycles. The maximum absolute atomic E-state index is 12.1. The fourth-order valence-electron chi connectivity index (χ4n) is 3.20. The smallest absolute Gasteiger partial charge is 0.410 e. The zero-order valence-electron chi connectivity index (χ0n) is 13.3. The van der Waals surface area contributed by atoms with Gasteiger partial charge in [0, 0.05) is 44.2 Å². The van der Waals surface area contributed by atoms with Gasteiger partial charge in [-0.2, -0.15) is 4.98 Å². The Morgan fingerprint density at radius 2 is 1.91 bits per heavy atom. The zero-order valence-corrected chi connectivity index (χ0v) is 13.3. The highest BCUT2D eigenvalue weighted by Crippen LogP contribution is 2.33. The molecule has 2 N–H and O–H groups in total. The van der Waals surface area contributed by atoms with Gasteiger partial charge in [-0.25, -0.2) is 9.78 Å². The van der Waals surface area contributed by atoms with Crippen molar-refractivity contribution in [2.75, 3.05) is 36.8 Å². The van der Waals surface area contributed by atoms with E-state index in [2.05, 4.69) is 14.9 Å². The molecule has 22 heavy (non-hydrogen) atoms. The normalized spacial score (nSPS) is 24.5. The SMILES string of the molecule is CC(C)(C)OC(=O)N1C[C@@H]2CN(c3ccnc(N)n3)C[C@@H]2C1. The van der Waals surface area contributed by atoms with E-state index < -0.39 is 5.60 Å². The van der Waals surface area contributed by atoms with Gasteiger partial charge in [-0.05, 0) is 26.8 Å². The summed E-state index contributed by atoms with van der Waals surface area (Å²) in [6.07, 6.45) is 1.47. The molecule has 7 nitrogen and oxygen atoms in total. The van der Waals surface area contributed by atoms with E-state index in [-0.39, 0.29) is 6.09 Å². The van der Waals surface area contributed by atoms with Crippen LogP contribution in [0.2, 0.25) is 0 Å². The summed E-state index contributed by atoms with van der Waals surface area (Å²) in [4.78, 5) is 24.4. The summed E-state index contributed by atoms with van der Waals surface area (Å²) in [6, 6.07) is 1.88. The molecule has 1 aromatic rings. The number of hydrogen-bond donors (Lipinski definition) is 1. The molecule has 3 heterocycles. The quantitative estimate of drug-likeness (QED) is 0.843. The Hall–Kier alpha value is -2.05. The average molecular weight is 305 g/mol. The lowest BCUT2D eigenvalue weighted by molar-refractivity contribution is 0.0282. The van der Waals surface area contributed by atoms with E-state index in [0.29, 0.717) is 17.8 Å². The molecular formula is C15H23N5O2. The molecule has 0 saturated carbocycles. The molecule has 0 bridgehead atoms. The summed E-state index contributed by atoms with van der Waals surface area (Å²) in [5, 5.41) is 0. The lowest BCUT2D eigenvalue weighted by Crippen LogP contribution is -2.37. The van der Waals surface area contributed by atoms with E-state index in [1.165, 1.54) is 0 Å². The molecule has 0 spiro atoms. The Balaban J connectivity index is 1.60. The Kier molecular flexibility index (Phi) is 3.58. The molecule has 7 heteroatoms. The standard InChI is InChI=1S/C15H23N5O2/c1-15(2,3)22-14(21)20-8-10-6-19(7-11(10)9-20)12-4-5-17-13(16)18-12/h4-5,10-11H,6-9H2,1-3H3,(H2,16,17,18)/t10-,11+. The number of likely N-dealkylation sites (tertiary alicyclic amines) is 1. The van der Waals surface area contributed by atoms with Gasteiger partial charge < -0.3 is 20.3 Å². The van der Waals surface area contributed by atoms with E-state index in [4.69, 9.17) is 10.5 Å². The molecule has 120 valence electrons. The van der Waals surface area contributed by atoms with E-state index in [1.54, 1.807) is 6.20 Å². The minimum Gasteiger partial charge on any atom is -0.444 e. The number of carbonyl (C=O) groups is 1. The van der Waals surface area contributed by atoms with Gasteiger partial charge in [-0.15, -0.1) is 0 Å². The predicted molar refractivity (Wildman–Crippen MR) is 83.4 cm³/mol. The minimum atomic E-state index is -0.445. The van der Waals surface area contributed by atoms with Crippen LogP contribution < -0.4 is 10.6 Å². The Morgan fingerprint density at radius 1 is 1.27 bits per heavy atom. The van der Waals surface area contributed by atoms with Crippen molar-refractivity contribution in [3.05, 3.63) is 12.3 Å². The van der Waals surface area contributed by atoms with Crippen LogP contribution in [0.5, 0.6) is 0 Å². The largest absolute Gasteiger partial charge is 0.444 e. The van der Waals surface area contributed by atoms with Crippen molar-refractivity contribution in [2.24, 2.45) is 11.8 Å². The lowest BCUT2D eigenvalue weighted by atomic mass is 10.0. The first-order valence-electron chi connectivity index (χ1n) is 7.63. The number of aromatic nitrogens is 2. The number of ether oxygens (including phenoxy) is 1. The van der Waals surface area contributed by atoms with Crippen LogP contribution in [0.25, 0.3) is 0 Å². The topological polar surface area (TPSA) is 84.6 Å². The van der Waals surface area contributed by atoms with Crippen LogP contribution in [-0.2, 0) is 4.74 Å². The van der Waals surface area contributed by atoms with Gasteiger partial charge in [0.1, 0.15) is 11.4 Å². The van der Waals surface area contributed by atoms with Crippen LogP contribution in [-0.4, -0.2) is 52.7 Å². The highest BCUT2D eigenvalue weighted by Gasteiger charge is 2.43. The number of rotatable bonds is 1. The summed E-state index contributed by atoms with van der Waals surface area (Å²) < 4.78 is 5.45. The third-order valence-corrected chi connectivity index (χ3v) is 4.12. The number of nitrogens with zero attached hydrogens (tertiary/aromatic N) is 4. The van der Waals surface area contributed by atoms with Gasteiger partial charge in [0.2, 0.25) is 5.95 Å². The second-order valence-electron chi connectivity index (χ2n) is 7.08.